The van der Waals surface area contributed by atoms with Gasteiger partial charge in [0.1, 0.15) is 0 Å². The van der Waals surface area contributed by atoms with Crippen LogP contribution in [0.3, 0.4) is 0 Å². The molecule has 160 valence electrons. The van der Waals surface area contributed by atoms with Crippen molar-refractivity contribution < 1.29 is 19.1 Å². The first kappa shape index (κ1) is 19.8. The van der Waals surface area contributed by atoms with Crippen molar-refractivity contribution in [2.45, 2.75) is 25.5 Å². The molecule has 0 aromatic heterocycles. The normalized spacial score (nSPS) is 20.7. The average molecular weight is 419 g/mol. The quantitative estimate of drug-likeness (QED) is 0.715. The van der Waals surface area contributed by atoms with Gasteiger partial charge in [0, 0.05) is 44.5 Å². The van der Waals surface area contributed by atoms with Crippen LogP contribution in [0.5, 0.6) is 0 Å². The summed E-state index contributed by atoms with van der Waals surface area (Å²) in [7, 11) is 2.02. The molecule has 7 nitrogen and oxygen atoms in total. The highest BCUT2D eigenvalue weighted by atomic mass is 16.5. The fourth-order valence-corrected chi connectivity index (χ4v) is 4.63. The van der Waals surface area contributed by atoms with Gasteiger partial charge in [-0.2, -0.15) is 0 Å². The second kappa shape index (κ2) is 7.81. The van der Waals surface area contributed by atoms with E-state index in [1.807, 2.05) is 25.2 Å². The molecule has 31 heavy (non-hydrogen) atoms. The Morgan fingerprint density at radius 2 is 1.87 bits per heavy atom. The van der Waals surface area contributed by atoms with Crippen molar-refractivity contribution in [3.8, 4) is 0 Å². The van der Waals surface area contributed by atoms with E-state index < -0.39 is 0 Å². The van der Waals surface area contributed by atoms with E-state index in [-0.39, 0.29) is 30.4 Å². The zero-order valence-corrected chi connectivity index (χ0v) is 17.5. The monoisotopic (exact) mass is 419 g/mol. The fraction of sp³-hybridized carbons (Fsp3) is 0.375. The minimum Gasteiger partial charge on any atom is -0.376 e. The summed E-state index contributed by atoms with van der Waals surface area (Å²) in [6, 6.07) is 12.9. The smallest absolute Gasteiger partial charge is 0.261 e. The number of hydrogen-bond donors (Lipinski definition) is 0. The summed E-state index contributed by atoms with van der Waals surface area (Å²) in [5, 5.41) is 0. The number of anilines is 1. The first-order valence-corrected chi connectivity index (χ1v) is 10.7. The van der Waals surface area contributed by atoms with Crippen molar-refractivity contribution >= 4 is 23.4 Å². The van der Waals surface area contributed by atoms with Crippen molar-refractivity contribution in [1.29, 1.82) is 0 Å². The van der Waals surface area contributed by atoms with Crippen LogP contribution in [-0.2, 0) is 11.3 Å². The fourth-order valence-electron chi connectivity index (χ4n) is 4.63. The molecule has 7 heteroatoms. The second-order valence-corrected chi connectivity index (χ2v) is 8.39. The molecule has 1 saturated heterocycles. The first-order valence-electron chi connectivity index (χ1n) is 10.7. The van der Waals surface area contributed by atoms with E-state index in [1.54, 1.807) is 23.1 Å². The third kappa shape index (κ3) is 3.49. The lowest BCUT2D eigenvalue weighted by atomic mass is 10.0. The van der Waals surface area contributed by atoms with Gasteiger partial charge in [0.2, 0.25) is 0 Å². The van der Waals surface area contributed by atoms with Gasteiger partial charge in [-0.3, -0.25) is 19.3 Å². The Balaban J connectivity index is 1.38. The van der Waals surface area contributed by atoms with Crippen LogP contribution in [0.1, 0.15) is 49.5 Å². The molecule has 0 aliphatic carbocycles. The predicted molar refractivity (Wildman–Crippen MR) is 115 cm³/mol. The molecular weight excluding hydrogens is 394 g/mol. The number of imide groups is 1. The van der Waals surface area contributed by atoms with Crippen LogP contribution in [0.15, 0.2) is 42.5 Å². The highest BCUT2D eigenvalue weighted by Crippen LogP contribution is 2.28. The van der Waals surface area contributed by atoms with Crippen LogP contribution in [-0.4, -0.2) is 66.9 Å². The van der Waals surface area contributed by atoms with Gasteiger partial charge in [-0.15, -0.1) is 0 Å². The minimum absolute atomic E-state index is 0.0996. The van der Waals surface area contributed by atoms with E-state index in [0.717, 1.165) is 30.6 Å². The summed E-state index contributed by atoms with van der Waals surface area (Å²) in [5.41, 5.74) is 3.31. The van der Waals surface area contributed by atoms with Gasteiger partial charge in [0.15, 0.2) is 0 Å². The Hall–Kier alpha value is -3.19. The number of benzene rings is 2. The maximum absolute atomic E-state index is 13.3. The standard InChI is InChI=1S/C24H25N3O4/c1-25-10-11-26(14-17-5-2-3-7-21(17)25)22(28)16-8-9-19-20(13-16)24(30)27(23(19)29)15-18-6-4-12-31-18/h2-3,5,7-9,13,18H,4,6,10-12,14-15H2,1H3. The van der Waals surface area contributed by atoms with Gasteiger partial charge in [-0.05, 0) is 42.7 Å². The highest BCUT2D eigenvalue weighted by Gasteiger charge is 2.38. The van der Waals surface area contributed by atoms with E-state index >= 15 is 0 Å². The number of likely N-dealkylation sites (N-methyl/N-ethyl adjacent to an activating group) is 1. The molecule has 0 saturated carbocycles. The number of ether oxygens (including phenoxy) is 1. The van der Waals surface area contributed by atoms with Crippen molar-refractivity contribution in [3.63, 3.8) is 0 Å². The third-order valence-electron chi connectivity index (χ3n) is 6.38. The number of nitrogens with zero attached hydrogens (tertiary/aromatic N) is 3. The van der Waals surface area contributed by atoms with E-state index in [1.165, 1.54) is 4.90 Å². The Kier molecular flexibility index (Phi) is 4.98. The summed E-state index contributed by atoms with van der Waals surface area (Å²) in [6.07, 6.45) is 1.69. The zero-order valence-electron chi connectivity index (χ0n) is 17.5. The summed E-state index contributed by atoms with van der Waals surface area (Å²) in [6.45, 7) is 2.75. The van der Waals surface area contributed by atoms with Gasteiger partial charge in [0.25, 0.3) is 17.7 Å². The van der Waals surface area contributed by atoms with Gasteiger partial charge in [0.05, 0.1) is 23.8 Å². The lowest BCUT2D eigenvalue weighted by molar-refractivity contribution is 0.0475. The topological polar surface area (TPSA) is 70.2 Å². The third-order valence-corrected chi connectivity index (χ3v) is 6.38. The van der Waals surface area contributed by atoms with Crippen molar-refractivity contribution in [2.75, 3.05) is 38.2 Å². The van der Waals surface area contributed by atoms with Crippen LogP contribution < -0.4 is 4.90 Å². The lowest BCUT2D eigenvalue weighted by Crippen LogP contribution is -2.36. The molecule has 3 aliphatic rings. The van der Waals surface area contributed by atoms with Gasteiger partial charge >= 0.3 is 0 Å². The number of hydrogen-bond acceptors (Lipinski definition) is 5. The number of carbonyl (C=O) groups excluding carboxylic acids is 3. The maximum atomic E-state index is 13.3. The van der Waals surface area contributed by atoms with Crippen molar-refractivity contribution in [1.82, 2.24) is 9.80 Å². The van der Waals surface area contributed by atoms with Gasteiger partial charge < -0.3 is 14.5 Å². The van der Waals surface area contributed by atoms with Crippen LogP contribution >= 0.6 is 0 Å². The molecule has 0 radical (unpaired) electrons. The summed E-state index contributed by atoms with van der Waals surface area (Å²) in [4.78, 5) is 44.2. The molecule has 1 unspecified atom stereocenters. The highest BCUT2D eigenvalue weighted by molar-refractivity contribution is 6.22. The summed E-state index contributed by atoms with van der Waals surface area (Å²) in [5.74, 6) is -0.781. The van der Waals surface area contributed by atoms with Crippen LogP contribution in [0.4, 0.5) is 5.69 Å². The van der Waals surface area contributed by atoms with E-state index in [0.29, 0.717) is 36.4 Å². The molecule has 3 heterocycles. The van der Waals surface area contributed by atoms with E-state index in [4.69, 9.17) is 4.74 Å². The van der Waals surface area contributed by atoms with E-state index in [9.17, 15) is 14.4 Å². The number of amides is 3. The Bertz CT molecular complexity index is 1060. The van der Waals surface area contributed by atoms with Gasteiger partial charge in [-0.1, -0.05) is 18.2 Å². The van der Waals surface area contributed by atoms with Crippen molar-refractivity contribution in [3.05, 3.63) is 64.7 Å². The molecule has 5 rings (SSSR count). The van der Waals surface area contributed by atoms with Crippen LogP contribution in [0.25, 0.3) is 0 Å². The maximum Gasteiger partial charge on any atom is 0.261 e. The first-order chi connectivity index (χ1) is 15.0. The molecule has 3 amide bonds. The number of rotatable bonds is 3. The Labute approximate surface area is 181 Å². The molecular formula is C24H25N3O4. The Morgan fingerprint density at radius 1 is 1.06 bits per heavy atom. The summed E-state index contributed by atoms with van der Waals surface area (Å²) >= 11 is 0. The van der Waals surface area contributed by atoms with E-state index in [2.05, 4.69) is 11.0 Å². The molecule has 0 N–H and O–H groups in total. The summed E-state index contributed by atoms with van der Waals surface area (Å²) < 4.78 is 5.59. The Morgan fingerprint density at radius 3 is 2.68 bits per heavy atom. The molecule has 2 aromatic carbocycles. The average Bonchev–Trinajstić information content (AvgIpc) is 3.34. The molecule has 0 bridgehead atoms. The molecule has 0 spiro atoms. The predicted octanol–water partition coefficient (Wildman–Crippen LogP) is 2.55. The second-order valence-electron chi connectivity index (χ2n) is 8.39. The SMILES string of the molecule is CN1CCN(C(=O)c2ccc3c(c2)C(=O)N(CC2CCCO2)C3=O)Cc2ccccc21. The molecule has 1 fully saturated rings. The molecule has 1 atom stereocenters. The van der Waals surface area contributed by atoms with Crippen LogP contribution in [0, 0.1) is 0 Å². The minimum atomic E-state index is -0.342. The largest absolute Gasteiger partial charge is 0.376 e. The number of fused-ring (bicyclic) bond motifs is 2. The molecule has 2 aromatic rings. The van der Waals surface area contributed by atoms with Gasteiger partial charge in [-0.25, -0.2) is 0 Å². The zero-order chi connectivity index (χ0) is 21.5. The van der Waals surface area contributed by atoms with Crippen molar-refractivity contribution in [2.24, 2.45) is 0 Å². The van der Waals surface area contributed by atoms with Crippen LogP contribution in [0.2, 0.25) is 0 Å². The molecule has 3 aliphatic heterocycles. The number of para-hydroxylation sites is 1. The lowest BCUT2D eigenvalue weighted by Gasteiger charge is -2.21. The number of carbonyl (C=O) groups is 3.